The highest BCUT2D eigenvalue weighted by atomic mass is 32.2. The quantitative estimate of drug-likeness (QED) is 0.503. The predicted octanol–water partition coefficient (Wildman–Crippen LogP) is 2.67. The molecule has 4 rings (SSSR count). The molecule has 3 aromatic heterocycles. The Bertz CT molecular complexity index is 1210. The van der Waals surface area contributed by atoms with Crippen molar-refractivity contribution in [1.82, 2.24) is 19.9 Å². The Labute approximate surface area is 180 Å². The van der Waals surface area contributed by atoms with Gasteiger partial charge in [-0.3, -0.25) is 0 Å². The average molecular weight is 442 g/mol. The fraction of sp³-hybridized carbons (Fsp3) is 0.300. The molecule has 0 bridgehead atoms. The molecule has 0 aromatic carbocycles. The van der Waals surface area contributed by atoms with Gasteiger partial charge in [0, 0.05) is 18.5 Å². The number of sulfone groups is 1. The van der Waals surface area contributed by atoms with Gasteiger partial charge in [0.2, 0.25) is 0 Å². The Morgan fingerprint density at radius 1 is 1.03 bits per heavy atom. The van der Waals surface area contributed by atoms with Crippen molar-refractivity contribution in [1.29, 1.82) is 0 Å². The molecule has 3 aromatic rings. The summed E-state index contributed by atoms with van der Waals surface area (Å²) < 4.78 is 29.2. The topological polar surface area (TPSA) is 131 Å². The number of hydrogen-bond donors (Lipinski definition) is 3. The number of anilines is 5. The fourth-order valence-corrected chi connectivity index (χ4v) is 3.88. The highest BCUT2D eigenvalue weighted by Gasteiger charge is 2.33. The van der Waals surface area contributed by atoms with E-state index in [1.165, 1.54) is 18.6 Å². The van der Waals surface area contributed by atoms with Gasteiger partial charge in [-0.1, -0.05) is 0 Å². The predicted molar refractivity (Wildman–Crippen MR) is 118 cm³/mol. The first-order valence-electron chi connectivity index (χ1n) is 9.57. The van der Waals surface area contributed by atoms with Gasteiger partial charge >= 0.3 is 0 Å². The van der Waals surface area contributed by atoms with Gasteiger partial charge in [-0.05, 0) is 38.1 Å². The van der Waals surface area contributed by atoms with Gasteiger partial charge in [-0.25, -0.2) is 28.4 Å². The van der Waals surface area contributed by atoms with Gasteiger partial charge in [0.1, 0.15) is 34.5 Å². The summed E-state index contributed by atoms with van der Waals surface area (Å²) in [6.45, 7) is 5.37. The van der Waals surface area contributed by atoms with Crippen molar-refractivity contribution in [3.63, 3.8) is 0 Å². The first-order valence-corrected chi connectivity index (χ1v) is 11.5. The molecular formula is C20H23N7O3S. The molecule has 0 saturated carbocycles. The minimum absolute atomic E-state index is 0.0646. The molecule has 0 unspecified atom stereocenters. The summed E-state index contributed by atoms with van der Waals surface area (Å²) in [5.74, 6) is 1.72. The van der Waals surface area contributed by atoms with Crippen molar-refractivity contribution in [3.8, 4) is 0 Å². The lowest BCUT2D eigenvalue weighted by atomic mass is 10.00. The van der Waals surface area contributed by atoms with Crippen LogP contribution >= 0.6 is 0 Å². The van der Waals surface area contributed by atoms with Crippen molar-refractivity contribution in [2.45, 2.75) is 24.3 Å². The lowest BCUT2D eigenvalue weighted by molar-refractivity contribution is -0.0318. The molecule has 162 valence electrons. The number of aromatic nitrogens is 4. The third-order valence-electron chi connectivity index (χ3n) is 4.70. The van der Waals surface area contributed by atoms with Crippen LogP contribution in [0.4, 0.5) is 29.0 Å². The van der Waals surface area contributed by atoms with Crippen LogP contribution in [0.1, 0.15) is 12.6 Å². The molecule has 1 fully saturated rings. The molecule has 0 atom stereocenters. The summed E-state index contributed by atoms with van der Waals surface area (Å²) in [6.07, 6.45) is 4.01. The van der Waals surface area contributed by atoms with Crippen LogP contribution in [0.5, 0.6) is 0 Å². The zero-order chi connectivity index (χ0) is 22.1. The van der Waals surface area contributed by atoms with E-state index in [0.29, 0.717) is 30.7 Å². The fourth-order valence-electron chi connectivity index (χ4n) is 3.10. The highest BCUT2D eigenvalue weighted by molar-refractivity contribution is 7.90. The third-order valence-corrected chi connectivity index (χ3v) is 5.83. The van der Waals surface area contributed by atoms with Gasteiger partial charge in [-0.15, -0.1) is 0 Å². The molecule has 31 heavy (non-hydrogen) atoms. The van der Waals surface area contributed by atoms with E-state index in [4.69, 9.17) is 4.74 Å². The maximum atomic E-state index is 12.0. The van der Waals surface area contributed by atoms with Crippen molar-refractivity contribution < 1.29 is 13.2 Å². The van der Waals surface area contributed by atoms with Gasteiger partial charge < -0.3 is 20.7 Å². The van der Waals surface area contributed by atoms with E-state index < -0.39 is 9.84 Å². The van der Waals surface area contributed by atoms with Crippen molar-refractivity contribution in [3.05, 3.63) is 48.5 Å². The summed E-state index contributed by atoms with van der Waals surface area (Å²) in [5, 5.41) is 9.54. The Morgan fingerprint density at radius 3 is 2.42 bits per heavy atom. The van der Waals surface area contributed by atoms with E-state index in [1.807, 2.05) is 19.1 Å². The number of pyridine rings is 2. The summed E-state index contributed by atoms with van der Waals surface area (Å²) >= 11 is 0. The molecule has 0 radical (unpaired) electrons. The molecule has 4 heterocycles. The van der Waals surface area contributed by atoms with Crippen LogP contribution in [0.25, 0.3) is 0 Å². The first kappa shape index (κ1) is 20.9. The van der Waals surface area contributed by atoms with Crippen LogP contribution in [0.15, 0.2) is 47.8 Å². The van der Waals surface area contributed by atoms with Gasteiger partial charge in [0.25, 0.3) is 0 Å². The normalized spacial score (nSPS) is 15.1. The lowest BCUT2D eigenvalue weighted by Gasteiger charge is -2.39. The van der Waals surface area contributed by atoms with Crippen LogP contribution in [-0.2, 0) is 14.6 Å². The molecule has 0 amide bonds. The minimum Gasteiger partial charge on any atom is -0.376 e. The number of rotatable bonds is 7. The monoisotopic (exact) mass is 441 g/mol. The van der Waals surface area contributed by atoms with Gasteiger partial charge in [0.15, 0.2) is 9.84 Å². The standard InChI is InChI=1S/C20H23N7O3S/c1-13-14(27-20(2)10-30-11-20)6-7-16(24-13)25-17-9-18(23-12-22-17)26-19-15(31(3,28)29)5-4-8-21-19/h4-9,12,27H,10-11H2,1-3H3,(H2,21,22,23,24,25,26). The molecule has 0 spiro atoms. The Hall–Kier alpha value is -3.31. The summed E-state index contributed by atoms with van der Waals surface area (Å²) in [7, 11) is -3.44. The van der Waals surface area contributed by atoms with E-state index in [0.717, 1.165) is 17.6 Å². The second-order valence-electron chi connectivity index (χ2n) is 7.67. The number of aryl methyl sites for hydroxylation is 1. The van der Waals surface area contributed by atoms with Crippen molar-refractivity contribution >= 4 is 38.8 Å². The minimum atomic E-state index is -3.44. The van der Waals surface area contributed by atoms with Crippen molar-refractivity contribution in [2.75, 3.05) is 35.4 Å². The van der Waals surface area contributed by atoms with Crippen LogP contribution in [0.2, 0.25) is 0 Å². The average Bonchev–Trinajstić information content (AvgIpc) is 2.69. The maximum Gasteiger partial charge on any atom is 0.179 e. The molecule has 10 nitrogen and oxygen atoms in total. The van der Waals surface area contributed by atoms with E-state index in [1.54, 1.807) is 12.1 Å². The van der Waals surface area contributed by atoms with Gasteiger partial charge in [0.05, 0.1) is 30.1 Å². The summed E-state index contributed by atoms with van der Waals surface area (Å²) in [5.41, 5.74) is 1.73. The second-order valence-corrected chi connectivity index (χ2v) is 9.65. The molecule has 1 aliphatic heterocycles. The molecular weight excluding hydrogens is 418 g/mol. The van der Waals surface area contributed by atoms with E-state index in [-0.39, 0.29) is 16.3 Å². The first-order chi connectivity index (χ1) is 14.7. The summed E-state index contributed by atoms with van der Waals surface area (Å²) in [4.78, 5) is 17.1. The van der Waals surface area contributed by atoms with Crippen LogP contribution in [0.3, 0.4) is 0 Å². The van der Waals surface area contributed by atoms with Crippen LogP contribution in [0, 0.1) is 6.92 Å². The lowest BCUT2D eigenvalue weighted by Crippen LogP contribution is -2.53. The van der Waals surface area contributed by atoms with Crippen molar-refractivity contribution in [2.24, 2.45) is 0 Å². The second kappa shape index (κ2) is 8.08. The zero-order valence-corrected chi connectivity index (χ0v) is 18.2. The SMILES string of the molecule is Cc1nc(Nc2cc(Nc3ncccc3S(C)(=O)=O)ncn2)ccc1NC1(C)COC1. The highest BCUT2D eigenvalue weighted by Crippen LogP contribution is 2.26. The van der Waals surface area contributed by atoms with E-state index in [9.17, 15) is 8.42 Å². The van der Waals surface area contributed by atoms with Gasteiger partial charge in [-0.2, -0.15) is 0 Å². The summed E-state index contributed by atoms with van der Waals surface area (Å²) in [6, 6.07) is 8.52. The van der Waals surface area contributed by atoms with Crippen LogP contribution in [-0.4, -0.2) is 53.4 Å². The zero-order valence-electron chi connectivity index (χ0n) is 17.4. The largest absolute Gasteiger partial charge is 0.376 e. The number of ether oxygens (including phenoxy) is 1. The molecule has 1 saturated heterocycles. The smallest absolute Gasteiger partial charge is 0.179 e. The van der Waals surface area contributed by atoms with E-state index in [2.05, 4.69) is 42.8 Å². The maximum absolute atomic E-state index is 12.0. The molecule has 3 N–H and O–H groups in total. The Balaban J connectivity index is 1.50. The number of nitrogens with zero attached hydrogens (tertiary/aromatic N) is 4. The molecule has 11 heteroatoms. The number of hydrogen-bond acceptors (Lipinski definition) is 10. The number of nitrogens with one attached hydrogen (secondary N) is 3. The Kier molecular flexibility index (Phi) is 5.46. The van der Waals surface area contributed by atoms with E-state index >= 15 is 0 Å². The molecule has 0 aliphatic carbocycles. The molecule has 1 aliphatic rings. The Morgan fingerprint density at radius 2 is 1.77 bits per heavy atom. The van der Waals surface area contributed by atoms with Crippen LogP contribution < -0.4 is 16.0 Å². The third kappa shape index (κ3) is 4.89.